The third kappa shape index (κ3) is 3.18. The third-order valence-corrected chi connectivity index (χ3v) is 4.82. The van der Waals surface area contributed by atoms with Crippen LogP contribution in [0, 0.1) is 11.8 Å². The van der Waals surface area contributed by atoms with Gasteiger partial charge in [0, 0.05) is 18.6 Å². The molecule has 3 nitrogen and oxygen atoms in total. The highest BCUT2D eigenvalue weighted by Gasteiger charge is 2.29. The predicted octanol–water partition coefficient (Wildman–Crippen LogP) is 3.40. The average Bonchev–Trinajstić information content (AvgIpc) is 2.32. The molecule has 2 amide bonds. The van der Waals surface area contributed by atoms with Gasteiger partial charge >= 0.3 is 6.03 Å². The van der Waals surface area contributed by atoms with Crippen molar-refractivity contribution < 1.29 is 4.79 Å². The summed E-state index contributed by atoms with van der Waals surface area (Å²) in [6, 6.07) is 0.971. The minimum Gasteiger partial charge on any atom is -0.335 e. The molecule has 2 aliphatic rings. The van der Waals surface area contributed by atoms with Crippen LogP contribution in [0.1, 0.15) is 59.3 Å². The molecule has 1 aliphatic carbocycles. The maximum absolute atomic E-state index is 12.3. The van der Waals surface area contributed by atoms with Gasteiger partial charge < -0.3 is 10.2 Å². The van der Waals surface area contributed by atoms with E-state index in [0.29, 0.717) is 18.0 Å². The summed E-state index contributed by atoms with van der Waals surface area (Å²) in [5.41, 5.74) is 0. The molecule has 0 aromatic heterocycles. The van der Waals surface area contributed by atoms with Crippen LogP contribution in [0.3, 0.4) is 0 Å². The highest BCUT2D eigenvalue weighted by molar-refractivity contribution is 5.75. The molecule has 3 heteroatoms. The fraction of sp³-hybridized carbons (Fsp3) is 0.933. The Labute approximate surface area is 111 Å². The molecule has 2 fully saturated rings. The molecule has 104 valence electrons. The summed E-state index contributed by atoms with van der Waals surface area (Å²) in [4.78, 5) is 14.4. The summed E-state index contributed by atoms with van der Waals surface area (Å²) < 4.78 is 0. The lowest BCUT2D eigenvalue weighted by atomic mass is 9.86. The van der Waals surface area contributed by atoms with Crippen LogP contribution in [0.15, 0.2) is 0 Å². The number of carbonyl (C=O) groups excluding carboxylic acids is 1. The number of carbonyl (C=O) groups is 1. The molecule has 1 aliphatic heterocycles. The van der Waals surface area contributed by atoms with Crippen LogP contribution in [-0.4, -0.2) is 29.6 Å². The van der Waals surface area contributed by atoms with Gasteiger partial charge in [0.1, 0.15) is 0 Å². The topological polar surface area (TPSA) is 32.3 Å². The molecule has 0 radical (unpaired) electrons. The van der Waals surface area contributed by atoms with E-state index in [0.717, 1.165) is 31.7 Å². The Hall–Kier alpha value is -0.730. The summed E-state index contributed by atoms with van der Waals surface area (Å²) >= 11 is 0. The number of rotatable bonds is 1. The molecule has 0 spiro atoms. The molecule has 1 saturated heterocycles. The summed E-state index contributed by atoms with van der Waals surface area (Å²) in [6.45, 7) is 7.66. The Bertz CT molecular complexity index is 292. The van der Waals surface area contributed by atoms with Gasteiger partial charge in [0.25, 0.3) is 0 Å². The molecule has 18 heavy (non-hydrogen) atoms. The fourth-order valence-corrected chi connectivity index (χ4v) is 3.48. The van der Waals surface area contributed by atoms with Crippen molar-refractivity contribution in [3.8, 4) is 0 Å². The van der Waals surface area contributed by atoms with E-state index in [4.69, 9.17) is 0 Å². The van der Waals surface area contributed by atoms with Crippen LogP contribution in [0.4, 0.5) is 4.79 Å². The highest BCUT2D eigenvalue weighted by atomic mass is 16.2. The predicted molar refractivity (Wildman–Crippen MR) is 74.5 cm³/mol. The first-order valence-corrected chi connectivity index (χ1v) is 7.65. The molecule has 0 aromatic rings. The summed E-state index contributed by atoms with van der Waals surface area (Å²) in [7, 11) is 0. The van der Waals surface area contributed by atoms with Crippen molar-refractivity contribution >= 4 is 6.03 Å². The van der Waals surface area contributed by atoms with Crippen molar-refractivity contribution in [2.45, 2.75) is 71.4 Å². The largest absolute Gasteiger partial charge is 0.335 e. The lowest BCUT2D eigenvalue weighted by Crippen LogP contribution is -2.53. The Morgan fingerprint density at radius 1 is 1.11 bits per heavy atom. The van der Waals surface area contributed by atoms with E-state index in [1.54, 1.807) is 0 Å². The first kappa shape index (κ1) is 13.7. The minimum atomic E-state index is 0.174. The first-order valence-electron chi connectivity index (χ1n) is 7.65. The van der Waals surface area contributed by atoms with Gasteiger partial charge in [-0.3, -0.25) is 0 Å². The third-order valence-electron chi connectivity index (χ3n) is 4.82. The maximum Gasteiger partial charge on any atom is 0.317 e. The van der Waals surface area contributed by atoms with Crippen molar-refractivity contribution in [3.63, 3.8) is 0 Å². The quantitative estimate of drug-likeness (QED) is 0.762. The van der Waals surface area contributed by atoms with Gasteiger partial charge in [0.05, 0.1) is 0 Å². The Morgan fingerprint density at radius 2 is 1.83 bits per heavy atom. The number of hydrogen-bond donors (Lipinski definition) is 1. The van der Waals surface area contributed by atoms with E-state index in [1.165, 1.54) is 19.3 Å². The van der Waals surface area contributed by atoms with Gasteiger partial charge in [0.15, 0.2) is 0 Å². The van der Waals surface area contributed by atoms with Gasteiger partial charge in [-0.25, -0.2) is 4.79 Å². The number of hydrogen-bond acceptors (Lipinski definition) is 1. The zero-order chi connectivity index (χ0) is 13.1. The van der Waals surface area contributed by atoms with E-state index in [2.05, 4.69) is 26.1 Å². The van der Waals surface area contributed by atoms with Crippen LogP contribution in [0.5, 0.6) is 0 Å². The van der Waals surface area contributed by atoms with Crippen molar-refractivity contribution in [3.05, 3.63) is 0 Å². The number of likely N-dealkylation sites (tertiary alicyclic amines) is 1. The van der Waals surface area contributed by atoms with Crippen molar-refractivity contribution in [1.29, 1.82) is 0 Å². The second kappa shape index (κ2) is 5.94. The summed E-state index contributed by atoms with van der Waals surface area (Å²) in [5, 5.41) is 3.27. The first-order chi connectivity index (χ1) is 8.58. The minimum absolute atomic E-state index is 0.174. The monoisotopic (exact) mass is 252 g/mol. The van der Waals surface area contributed by atoms with E-state index < -0.39 is 0 Å². The van der Waals surface area contributed by atoms with E-state index in [-0.39, 0.29) is 6.03 Å². The number of piperidine rings is 1. The van der Waals surface area contributed by atoms with E-state index in [9.17, 15) is 4.79 Å². The molecule has 0 aromatic carbocycles. The molecule has 4 unspecified atom stereocenters. The zero-order valence-electron chi connectivity index (χ0n) is 12.1. The standard InChI is InChI=1S/C15H28N2O/c1-11-8-9-17(13(3)10-11)15(18)16-14-7-5-4-6-12(14)2/h11-14H,4-10H2,1-3H3,(H,16,18). The molecule has 1 saturated carbocycles. The fourth-order valence-electron chi connectivity index (χ4n) is 3.48. The summed E-state index contributed by atoms with van der Waals surface area (Å²) in [6.07, 6.45) is 7.31. The second-order valence-electron chi connectivity index (χ2n) is 6.49. The van der Waals surface area contributed by atoms with Crippen LogP contribution < -0.4 is 5.32 Å². The number of nitrogens with zero attached hydrogens (tertiary/aromatic N) is 1. The second-order valence-corrected chi connectivity index (χ2v) is 6.49. The Kier molecular flexibility index (Phi) is 4.52. The molecular formula is C15H28N2O. The lowest BCUT2D eigenvalue weighted by Gasteiger charge is -2.38. The average molecular weight is 252 g/mol. The SMILES string of the molecule is CC1CCN(C(=O)NC2CCCCC2C)C(C)C1. The Balaban J connectivity index is 1.87. The van der Waals surface area contributed by atoms with Gasteiger partial charge in [-0.15, -0.1) is 0 Å². The number of amides is 2. The zero-order valence-corrected chi connectivity index (χ0v) is 12.1. The smallest absolute Gasteiger partial charge is 0.317 e. The lowest BCUT2D eigenvalue weighted by molar-refractivity contribution is 0.131. The van der Waals surface area contributed by atoms with Crippen LogP contribution in [0.25, 0.3) is 0 Å². The van der Waals surface area contributed by atoms with Gasteiger partial charge in [-0.1, -0.05) is 26.7 Å². The van der Waals surface area contributed by atoms with Crippen molar-refractivity contribution in [2.75, 3.05) is 6.54 Å². The molecule has 1 heterocycles. The molecular weight excluding hydrogens is 224 g/mol. The van der Waals surface area contributed by atoms with Crippen molar-refractivity contribution in [2.24, 2.45) is 11.8 Å². The highest BCUT2D eigenvalue weighted by Crippen LogP contribution is 2.25. The van der Waals surface area contributed by atoms with E-state index >= 15 is 0 Å². The normalized spacial score (nSPS) is 37.4. The summed E-state index contributed by atoms with van der Waals surface area (Å²) in [5.74, 6) is 1.40. The maximum atomic E-state index is 12.3. The number of nitrogens with one attached hydrogen (secondary N) is 1. The van der Waals surface area contributed by atoms with E-state index in [1.807, 2.05) is 4.90 Å². The van der Waals surface area contributed by atoms with Crippen LogP contribution in [-0.2, 0) is 0 Å². The van der Waals surface area contributed by atoms with Gasteiger partial charge in [-0.05, 0) is 44.4 Å². The molecule has 0 bridgehead atoms. The molecule has 2 rings (SSSR count). The Morgan fingerprint density at radius 3 is 2.50 bits per heavy atom. The van der Waals surface area contributed by atoms with Crippen LogP contribution >= 0.6 is 0 Å². The molecule has 4 atom stereocenters. The van der Waals surface area contributed by atoms with Gasteiger partial charge in [0.2, 0.25) is 0 Å². The van der Waals surface area contributed by atoms with Gasteiger partial charge in [-0.2, -0.15) is 0 Å². The van der Waals surface area contributed by atoms with Crippen molar-refractivity contribution in [1.82, 2.24) is 10.2 Å². The number of urea groups is 1. The van der Waals surface area contributed by atoms with Crippen LogP contribution in [0.2, 0.25) is 0 Å². The molecule has 1 N–H and O–H groups in total.